The van der Waals surface area contributed by atoms with Gasteiger partial charge < -0.3 is 19.8 Å². The van der Waals surface area contributed by atoms with E-state index in [1.165, 1.54) is 17.2 Å². The van der Waals surface area contributed by atoms with Crippen LogP contribution in [0, 0.1) is 12.9 Å². The molecule has 1 aliphatic rings. The molecule has 2 amide bonds. The summed E-state index contributed by atoms with van der Waals surface area (Å²) in [5.74, 6) is -0.733. The lowest BCUT2D eigenvalue weighted by atomic mass is 10.1. The van der Waals surface area contributed by atoms with Crippen molar-refractivity contribution in [3.05, 3.63) is 71.6 Å². The number of aryl methyl sites for hydroxylation is 1. The highest BCUT2D eigenvalue weighted by molar-refractivity contribution is 5.89. The largest absolute Gasteiger partial charge is 0.391 e. The number of carbonyl (C=O) groups is 2. The number of hydrogen-bond acceptors (Lipinski definition) is 6. The average Bonchev–Trinajstić information content (AvgIpc) is 3.38. The molecule has 3 aromatic rings. The van der Waals surface area contributed by atoms with E-state index in [4.69, 9.17) is 4.52 Å². The number of hydrogen-bond donors (Lipinski definition) is 2. The smallest absolute Gasteiger partial charge is 0.243 e. The molecule has 0 saturated carbocycles. The molecule has 0 spiro atoms. The maximum Gasteiger partial charge on any atom is 0.243 e. The standard InChI is InChI=1S/C23H23FN4O4/c1-14-8-19(32-27-14)10-22(30)28-13-18(29)9-20(28)23(31)26-11-15-2-4-16(5-3-15)17-6-7-21(24)25-12-17/h2-8,12,18,20,29H,9-11,13H2,1H3,(H,26,31)/t18-,20?/m1/s1. The van der Waals surface area contributed by atoms with E-state index in [0.717, 1.165) is 16.7 Å². The van der Waals surface area contributed by atoms with E-state index < -0.39 is 18.1 Å². The predicted molar refractivity (Wildman–Crippen MR) is 113 cm³/mol. The first-order valence-corrected chi connectivity index (χ1v) is 10.3. The SMILES string of the molecule is Cc1cc(CC(=O)N2C[C@H](O)CC2C(=O)NCc2ccc(-c3ccc(F)nc3)cc2)on1. The Bertz CT molecular complexity index is 1100. The minimum absolute atomic E-state index is 0.0168. The molecule has 1 aromatic carbocycles. The Labute approximate surface area is 184 Å². The third-order valence-electron chi connectivity index (χ3n) is 5.39. The topological polar surface area (TPSA) is 109 Å². The van der Waals surface area contributed by atoms with Gasteiger partial charge in [-0.05, 0) is 30.2 Å². The van der Waals surface area contributed by atoms with Gasteiger partial charge in [0.15, 0.2) is 0 Å². The molecule has 1 aliphatic heterocycles. The molecule has 2 atom stereocenters. The number of pyridine rings is 1. The van der Waals surface area contributed by atoms with Crippen LogP contribution < -0.4 is 5.32 Å². The number of aromatic nitrogens is 2. The molecule has 3 heterocycles. The van der Waals surface area contributed by atoms with Crippen molar-refractivity contribution >= 4 is 11.8 Å². The van der Waals surface area contributed by atoms with Crippen molar-refractivity contribution in [2.75, 3.05) is 6.54 Å². The van der Waals surface area contributed by atoms with Gasteiger partial charge in [0.05, 0.1) is 18.2 Å². The highest BCUT2D eigenvalue weighted by atomic mass is 19.1. The molecular formula is C23H23FN4O4. The number of carbonyl (C=O) groups excluding carboxylic acids is 2. The molecular weight excluding hydrogens is 415 g/mol. The Morgan fingerprint density at radius 1 is 1.22 bits per heavy atom. The Hall–Kier alpha value is -3.59. The summed E-state index contributed by atoms with van der Waals surface area (Å²) in [4.78, 5) is 30.5. The van der Waals surface area contributed by atoms with E-state index in [1.54, 1.807) is 19.1 Å². The van der Waals surface area contributed by atoms with Crippen LogP contribution in [0.3, 0.4) is 0 Å². The highest BCUT2D eigenvalue weighted by Crippen LogP contribution is 2.21. The summed E-state index contributed by atoms with van der Waals surface area (Å²) >= 11 is 0. The molecule has 0 radical (unpaired) electrons. The van der Waals surface area contributed by atoms with Crippen LogP contribution >= 0.6 is 0 Å². The fourth-order valence-corrected chi connectivity index (χ4v) is 3.76. The average molecular weight is 438 g/mol. The van der Waals surface area contributed by atoms with Crippen LogP contribution in [0.4, 0.5) is 4.39 Å². The lowest BCUT2D eigenvalue weighted by Gasteiger charge is -2.23. The minimum Gasteiger partial charge on any atom is -0.391 e. The number of benzene rings is 1. The summed E-state index contributed by atoms with van der Waals surface area (Å²) in [6, 6.07) is 11.3. The van der Waals surface area contributed by atoms with Crippen LogP contribution in [-0.4, -0.2) is 50.7 Å². The number of halogens is 1. The summed E-state index contributed by atoms with van der Waals surface area (Å²) in [7, 11) is 0. The first-order chi connectivity index (χ1) is 15.4. The molecule has 8 nitrogen and oxygen atoms in total. The van der Waals surface area contributed by atoms with Gasteiger partial charge in [-0.15, -0.1) is 0 Å². The number of nitrogens with one attached hydrogen (secondary N) is 1. The molecule has 4 rings (SSSR count). The first-order valence-electron chi connectivity index (χ1n) is 10.3. The lowest BCUT2D eigenvalue weighted by Crippen LogP contribution is -2.46. The Balaban J connectivity index is 1.35. The summed E-state index contributed by atoms with van der Waals surface area (Å²) < 4.78 is 18.1. The fraction of sp³-hybridized carbons (Fsp3) is 0.304. The fourth-order valence-electron chi connectivity index (χ4n) is 3.76. The van der Waals surface area contributed by atoms with Crippen LogP contribution in [0.5, 0.6) is 0 Å². The van der Waals surface area contributed by atoms with Crippen molar-refractivity contribution < 1.29 is 23.6 Å². The van der Waals surface area contributed by atoms with E-state index in [0.29, 0.717) is 11.5 Å². The number of rotatable bonds is 6. The van der Waals surface area contributed by atoms with E-state index in [-0.39, 0.29) is 37.7 Å². The molecule has 1 fully saturated rings. The molecule has 0 bridgehead atoms. The second-order valence-corrected chi connectivity index (χ2v) is 7.85. The molecule has 2 aromatic heterocycles. The van der Waals surface area contributed by atoms with Gasteiger partial charge >= 0.3 is 0 Å². The van der Waals surface area contributed by atoms with Crippen molar-refractivity contribution in [2.45, 2.75) is 38.5 Å². The molecule has 32 heavy (non-hydrogen) atoms. The van der Waals surface area contributed by atoms with Crippen molar-refractivity contribution in [1.29, 1.82) is 0 Å². The van der Waals surface area contributed by atoms with Crippen molar-refractivity contribution in [1.82, 2.24) is 20.4 Å². The van der Waals surface area contributed by atoms with E-state index in [9.17, 15) is 19.1 Å². The summed E-state index contributed by atoms with van der Waals surface area (Å²) in [6.45, 7) is 2.14. The van der Waals surface area contributed by atoms with Gasteiger partial charge in [-0.2, -0.15) is 4.39 Å². The minimum atomic E-state index is -0.755. The van der Waals surface area contributed by atoms with Gasteiger partial charge in [0, 0.05) is 37.3 Å². The zero-order valence-electron chi connectivity index (χ0n) is 17.5. The van der Waals surface area contributed by atoms with Gasteiger partial charge in [-0.3, -0.25) is 9.59 Å². The van der Waals surface area contributed by atoms with E-state index in [2.05, 4.69) is 15.5 Å². The second-order valence-electron chi connectivity index (χ2n) is 7.85. The number of likely N-dealkylation sites (tertiary alicyclic amines) is 1. The molecule has 1 saturated heterocycles. The van der Waals surface area contributed by atoms with Crippen LogP contribution in [0.15, 0.2) is 53.2 Å². The molecule has 2 N–H and O–H groups in total. The summed E-state index contributed by atoms with van der Waals surface area (Å²) in [5, 5.41) is 16.6. The lowest BCUT2D eigenvalue weighted by molar-refractivity contribution is -0.138. The second kappa shape index (κ2) is 9.27. The first kappa shape index (κ1) is 21.6. The number of aliphatic hydroxyl groups is 1. The number of amides is 2. The van der Waals surface area contributed by atoms with Gasteiger partial charge in [0.1, 0.15) is 11.8 Å². The maximum absolute atomic E-state index is 13.0. The van der Waals surface area contributed by atoms with Crippen molar-refractivity contribution in [2.24, 2.45) is 0 Å². The number of aliphatic hydroxyl groups excluding tert-OH is 1. The molecule has 0 aliphatic carbocycles. The third kappa shape index (κ3) is 5.00. The zero-order valence-corrected chi connectivity index (χ0v) is 17.5. The molecule has 1 unspecified atom stereocenters. The van der Waals surface area contributed by atoms with Gasteiger partial charge in [-0.1, -0.05) is 29.4 Å². The Kier molecular flexibility index (Phi) is 6.27. The number of nitrogens with zero attached hydrogens (tertiary/aromatic N) is 3. The third-order valence-corrected chi connectivity index (χ3v) is 5.39. The van der Waals surface area contributed by atoms with Crippen LogP contribution in [0.2, 0.25) is 0 Å². The van der Waals surface area contributed by atoms with Crippen LogP contribution in [0.25, 0.3) is 11.1 Å². The van der Waals surface area contributed by atoms with Crippen LogP contribution in [-0.2, 0) is 22.6 Å². The maximum atomic E-state index is 13.0. The van der Waals surface area contributed by atoms with Gasteiger partial charge in [0.25, 0.3) is 0 Å². The zero-order chi connectivity index (χ0) is 22.7. The Morgan fingerprint density at radius 3 is 2.62 bits per heavy atom. The molecule has 166 valence electrons. The van der Waals surface area contributed by atoms with Crippen molar-refractivity contribution in [3.8, 4) is 11.1 Å². The van der Waals surface area contributed by atoms with E-state index >= 15 is 0 Å². The predicted octanol–water partition coefficient (Wildman–Crippen LogP) is 2.00. The quantitative estimate of drug-likeness (QED) is 0.570. The normalized spacial score (nSPS) is 18.0. The van der Waals surface area contributed by atoms with Gasteiger partial charge in [-0.25, -0.2) is 4.98 Å². The summed E-state index contributed by atoms with van der Waals surface area (Å²) in [6.07, 6.45) is 0.874. The van der Waals surface area contributed by atoms with Gasteiger partial charge in [0.2, 0.25) is 17.8 Å². The molecule has 9 heteroatoms. The van der Waals surface area contributed by atoms with Crippen molar-refractivity contribution in [3.63, 3.8) is 0 Å². The summed E-state index contributed by atoms with van der Waals surface area (Å²) in [5.41, 5.74) is 3.21. The van der Waals surface area contributed by atoms with E-state index in [1.807, 2.05) is 24.3 Å². The van der Waals surface area contributed by atoms with Crippen LogP contribution in [0.1, 0.15) is 23.4 Å². The Morgan fingerprint density at radius 2 is 1.97 bits per heavy atom. The number of β-amino-alcohol motifs (C(OH)–C–C–N with tert-alkyl or cyclic N) is 1. The monoisotopic (exact) mass is 438 g/mol. The highest BCUT2D eigenvalue weighted by Gasteiger charge is 2.38.